The molecule has 33 heavy (non-hydrogen) atoms. The number of aromatic nitrogens is 4. The van der Waals surface area contributed by atoms with E-state index in [1.165, 1.54) is 30.6 Å². The van der Waals surface area contributed by atoms with Gasteiger partial charge in [-0.15, -0.1) is 4.80 Å². The van der Waals surface area contributed by atoms with Gasteiger partial charge >= 0.3 is 0 Å². The van der Waals surface area contributed by atoms with E-state index in [2.05, 4.69) is 15.2 Å². The SMILES string of the molecule is CCN(C(=O)c1cccc(F)c1-n1nccn1)[C@@H](C)CCc1ncc(C(C)(F)F)cc1C#N. The molecular weight excluding hydrogens is 433 g/mol. The smallest absolute Gasteiger partial charge is 0.272 e. The summed E-state index contributed by atoms with van der Waals surface area (Å²) in [5, 5.41) is 17.2. The molecule has 0 radical (unpaired) electrons. The number of hydrogen-bond acceptors (Lipinski definition) is 5. The molecule has 0 saturated carbocycles. The lowest BCUT2D eigenvalue weighted by Crippen LogP contribution is -2.39. The Hall–Kier alpha value is -3.74. The van der Waals surface area contributed by atoms with Crippen LogP contribution < -0.4 is 0 Å². The van der Waals surface area contributed by atoms with Crippen LogP contribution in [-0.2, 0) is 12.3 Å². The van der Waals surface area contributed by atoms with Gasteiger partial charge in [-0.1, -0.05) is 6.07 Å². The topological polar surface area (TPSA) is 87.7 Å². The second-order valence-corrected chi connectivity index (χ2v) is 7.65. The minimum absolute atomic E-state index is 0.0392. The highest BCUT2D eigenvalue weighted by atomic mass is 19.3. The highest BCUT2D eigenvalue weighted by molar-refractivity contribution is 5.98. The third kappa shape index (κ3) is 5.19. The highest BCUT2D eigenvalue weighted by Gasteiger charge is 2.27. The van der Waals surface area contributed by atoms with Gasteiger partial charge in [0, 0.05) is 31.3 Å². The number of benzene rings is 1. The van der Waals surface area contributed by atoms with Gasteiger partial charge in [0.05, 0.1) is 29.2 Å². The molecule has 1 atom stereocenters. The van der Waals surface area contributed by atoms with E-state index >= 15 is 0 Å². The number of rotatable bonds is 8. The van der Waals surface area contributed by atoms with Crippen molar-refractivity contribution in [2.45, 2.75) is 45.6 Å². The molecule has 3 rings (SSSR count). The molecule has 2 aromatic heterocycles. The van der Waals surface area contributed by atoms with E-state index in [0.29, 0.717) is 25.1 Å². The Balaban J connectivity index is 1.81. The molecule has 0 saturated heterocycles. The zero-order valence-corrected chi connectivity index (χ0v) is 18.5. The number of nitrogens with zero attached hydrogens (tertiary/aromatic N) is 6. The first-order valence-corrected chi connectivity index (χ1v) is 10.4. The molecule has 7 nitrogen and oxygen atoms in total. The van der Waals surface area contributed by atoms with Crippen LogP contribution in [0.3, 0.4) is 0 Å². The minimum Gasteiger partial charge on any atom is -0.336 e. The van der Waals surface area contributed by atoms with Crippen molar-refractivity contribution in [2.24, 2.45) is 0 Å². The van der Waals surface area contributed by atoms with Crippen molar-refractivity contribution in [3.63, 3.8) is 0 Å². The monoisotopic (exact) mass is 456 g/mol. The molecule has 0 spiro atoms. The molecular formula is C23H23F3N6O. The second kappa shape index (κ2) is 9.81. The van der Waals surface area contributed by atoms with Crippen molar-refractivity contribution in [3.8, 4) is 11.8 Å². The third-order valence-electron chi connectivity index (χ3n) is 5.37. The Morgan fingerprint density at radius 3 is 2.61 bits per heavy atom. The van der Waals surface area contributed by atoms with Crippen LogP contribution in [0, 0.1) is 17.1 Å². The summed E-state index contributed by atoms with van der Waals surface area (Å²) in [6.45, 7) is 4.73. The molecule has 3 aromatic rings. The van der Waals surface area contributed by atoms with Gasteiger partial charge in [-0.2, -0.15) is 15.5 Å². The number of amides is 1. The summed E-state index contributed by atoms with van der Waals surface area (Å²) in [5.74, 6) is -4.12. The molecule has 0 fully saturated rings. The first-order chi connectivity index (χ1) is 15.7. The lowest BCUT2D eigenvalue weighted by Gasteiger charge is -2.29. The van der Waals surface area contributed by atoms with Crippen LogP contribution in [0.15, 0.2) is 42.9 Å². The van der Waals surface area contributed by atoms with Crippen LogP contribution in [0.2, 0.25) is 0 Å². The van der Waals surface area contributed by atoms with Crippen molar-refractivity contribution >= 4 is 5.91 Å². The number of para-hydroxylation sites is 1. The van der Waals surface area contributed by atoms with Gasteiger partial charge in [0.2, 0.25) is 0 Å². The van der Waals surface area contributed by atoms with Crippen molar-refractivity contribution in [1.82, 2.24) is 24.9 Å². The Labute approximate surface area is 189 Å². The van der Waals surface area contributed by atoms with Gasteiger partial charge in [-0.25, -0.2) is 13.2 Å². The maximum atomic E-state index is 14.5. The normalized spacial score (nSPS) is 12.3. The Kier molecular flexibility index (Phi) is 7.11. The van der Waals surface area contributed by atoms with E-state index < -0.39 is 17.6 Å². The van der Waals surface area contributed by atoms with E-state index in [1.54, 1.807) is 11.8 Å². The highest BCUT2D eigenvalue weighted by Crippen LogP contribution is 2.28. The van der Waals surface area contributed by atoms with Crippen LogP contribution in [0.25, 0.3) is 5.69 Å². The van der Waals surface area contributed by atoms with Crippen LogP contribution in [0.4, 0.5) is 13.2 Å². The third-order valence-corrected chi connectivity index (χ3v) is 5.37. The average molecular weight is 456 g/mol. The van der Waals surface area contributed by atoms with Gasteiger partial charge in [0.1, 0.15) is 11.8 Å². The molecule has 0 aliphatic heterocycles. The molecule has 0 unspecified atom stereocenters. The van der Waals surface area contributed by atoms with Gasteiger partial charge < -0.3 is 4.90 Å². The molecule has 10 heteroatoms. The number of nitriles is 1. The molecule has 0 bridgehead atoms. The first kappa shape index (κ1) is 23.9. The largest absolute Gasteiger partial charge is 0.336 e. The molecule has 0 aliphatic carbocycles. The van der Waals surface area contributed by atoms with E-state index in [1.807, 2.05) is 13.0 Å². The summed E-state index contributed by atoms with van der Waals surface area (Å²) in [5.41, 5.74) is 0.209. The molecule has 0 N–H and O–H groups in total. The summed E-state index contributed by atoms with van der Waals surface area (Å²) in [4.78, 5) is 20.0. The van der Waals surface area contributed by atoms with Crippen molar-refractivity contribution in [1.29, 1.82) is 5.26 Å². The summed E-state index contributed by atoms with van der Waals surface area (Å²) in [6, 6.07) is 6.95. The van der Waals surface area contributed by atoms with Crippen LogP contribution in [-0.4, -0.2) is 43.4 Å². The number of carbonyl (C=O) groups excluding carboxylic acids is 1. The fourth-order valence-electron chi connectivity index (χ4n) is 3.56. The predicted octanol–water partition coefficient (Wildman–Crippen LogP) is 4.27. The predicted molar refractivity (Wildman–Crippen MR) is 114 cm³/mol. The molecule has 1 aromatic carbocycles. The van der Waals surface area contributed by atoms with E-state index in [0.717, 1.165) is 24.0 Å². The number of halogens is 3. The first-order valence-electron chi connectivity index (χ1n) is 10.4. The minimum atomic E-state index is -3.10. The Morgan fingerprint density at radius 2 is 2.00 bits per heavy atom. The van der Waals surface area contributed by atoms with Crippen molar-refractivity contribution in [3.05, 3.63) is 71.1 Å². The maximum Gasteiger partial charge on any atom is 0.272 e. The quantitative estimate of drug-likeness (QED) is 0.505. The fraction of sp³-hybridized carbons (Fsp3) is 0.348. The summed E-state index contributed by atoms with van der Waals surface area (Å²) in [7, 11) is 0. The number of pyridine rings is 1. The molecule has 1 amide bonds. The summed E-state index contributed by atoms with van der Waals surface area (Å²) in [6.07, 6.45) is 4.58. The lowest BCUT2D eigenvalue weighted by atomic mass is 10.0. The Morgan fingerprint density at radius 1 is 1.30 bits per heavy atom. The maximum absolute atomic E-state index is 14.5. The zero-order valence-electron chi connectivity index (χ0n) is 18.5. The Bertz CT molecular complexity index is 1170. The van der Waals surface area contributed by atoms with Gasteiger partial charge in [0.25, 0.3) is 11.8 Å². The second-order valence-electron chi connectivity index (χ2n) is 7.65. The number of hydrogen-bond donors (Lipinski definition) is 0. The average Bonchev–Trinajstić information content (AvgIpc) is 3.31. The van der Waals surface area contributed by atoms with Crippen molar-refractivity contribution < 1.29 is 18.0 Å². The number of carbonyl (C=O) groups is 1. The standard InChI is InChI=1S/C23H23F3N6O/c1-4-31(22(33)18-6-5-7-19(24)21(18)32-29-10-11-30-32)15(2)8-9-20-16(13-27)12-17(14-28-20)23(3,25)26/h5-7,10-12,14-15H,4,8-9H2,1-3H3/t15-/m0/s1. The zero-order chi connectivity index (χ0) is 24.2. The van der Waals surface area contributed by atoms with Gasteiger partial charge in [-0.3, -0.25) is 9.78 Å². The van der Waals surface area contributed by atoms with Gasteiger partial charge in [0.15, 0.2) is 5.82 Å². The molecule has 2 heterocycles. The molecule has 0 aliphatic rings. The van der Waals surface area contributed by atoms with E-state index in [-0.39, 0.29) is 28.4 Å². The number of alkyl halides is 2. The van der Waals surface area contributed by atoms with E-state index in [9.17, 15) is 23.2 Å². The van der Waals surface area contributed by atoms with Crippen molar-refractivity contribution in [2.75, 3.05) is 6.54 Å². The van der Waals surface area contributed by atoms with Crippen LogP contribution in [0.5, 0.6) is 0 Å². The fourth-order valence-corrected chi connectivity index (χ4v) is 3.56. The molecule has 172 valence electrons. The summed E-state index contributed by atoms with van der Waals surface area (Å²) >= 11 is 0. The van der Waals surface area contributed by atoms with Crippen LogP contribution >= 0.6 is 0 Å². The van der Waals surface area contributed by atoms with E-state index in [4.69, 9.17) is 0 Å². The summed E-state index contributed by atoms with van der Waals surface area (Å²) < 4.78 is 41.6. The van der Waals surface area contributed by atoms with Crippen LogP contribution in [0.1, 0.15) is 54.4 Å². The lowest BCUT2D eigenvalue weighted by molar-refractivity contribution is 0.0170. The van der Waals surface area contributed by atoms with Gasteiger partial charge in [-0.05, 0) is 44.9 Å². The number of aryl methyl sites for hydroxylation is 1.